The lowest BCUT2D eigenvalue weighted by atomic mass is 10.1. The van der Waals surface area contributed by atoms with Gasteiger partial charge in [0, 0.05) is 19.1 Å². The van der Waals surface area contributed by atoms with Gasteiger partial charge in [0.05, 0.1) is 18.5 Å². The third kappa shape index (κ3) is 3.53. The van der Waals surface area contributed by atoms with Crippen molar-refractivity contribution in [2.75, 3.05) is 19.7 Å². The molecule has 1 amide bonds. The van der Waals surface area contributed by atoms with Crippen molar-refractivity contribution in [2.24, 2.45) is 0 Å². The molecule has 9 heteroatoms. The van der Waals surface area contributed by atoms with Gasteiger partial charge >= 0.3 is 6.09 Å². The number of alkyl carbamates (subject to hydrolysis) is 1. The van der Waals surface area contributed by atoms with Crippen LogP contribution in [0.15, 0.2) is 11.1 Å². The highest BCUT2D eigenvalue weighted by molar-refractivity contribution is 7.89. The van der Waals surface area contributed by atoms with E-state index in [0.29, 0.717) is 18.7 Å². The average molecular weight is 316 g/mol. The first-order valence-corrected chi connectivity index (χ1v) is 8.32. The Labute approximate surface area is 123 Å². The fourth-order valence-electron chi connectivity index (χ4n) is 2.36. The highest BCUT2D eigenvalue weighted by Gasteiger charge is 2.32. The van der Waals surface area contributed by atoms with Crippen molar-refractivity contribution in [3.8, 4) is 0 Å². The number of carbonyl (C=O) groups excluding carboxylic acids is 1. The van der Waals surface area contributed by atoms with Crippen LogP contribution in [0.1, 0.15) is 25.5 Å². The molecule has 1 atom stereocenters. The molecule has 1 fully saturated rings. The van der Waals surface area contributed by atoms with E-state index in [-0.39, 0.29) is 24.1 Å². The number of piperidine rings is 1. The van der Waals surface area contributed by atoms with E-state index in [1.54, 1.807) is 13.8 Å². The van der Waals surface area contributed by atoms with Crippen molar-refractivity contribution in [1.82, 2.24) is 19.8 Å². The Morgan fingerprint density at radius 1 is 1.62 bits per heavy atom. The van der Waals surface area contributed by atoms with Gasteiger partial charge in [0.25, 0.3) is 0 Å². The summed E-state index contributed by atoms with van der Waals surface area (Å²) in [6.45, 7) is 4.35. The number of amides is 1. The summed E-state index contributed by atoms with van der Waals surface area (Å²) < 4.78 is 31.3. The number of rotatable bonds is 4. The molecular weight excluding hydrogens is 296 g/mol. The largest absolute Gasteiger partial charge is 0.450 e. The minimum absolute atomic E-state index is 0.180. The molecular formula is C12H20N4O4S. The molecule has 0 spiro atoms. The lowest BCUT2D eigenvalue weighted by Crippen LogP contribution is -2.49. The van der Waals surface area contributed by atoms with E-state index in [2.05, 4.69) is 15.5 Å². The monoisotopic (exact) mass is 316 g/mol. The van der Waals surface area contributed by atoms with Gasteiger partial charge in [0.15, 0.2) is 0 Å². The second kappa shape index (κ2) is 6.44. The van der Waals surface area contributed by atoms with Crippen LogP contribution >= 0.6 is 0 Å². The van der Waals surface area contributed by atoms with Gasteiger partial charge in [0.1, 0.15) is 4.90 Å². The number of ether oxygens (including phenoxy) is 1. The Morgan fingerprint density at radius 3 is 3.00 bits per heavy atom. The highest BCUT2D eigenvalue weighted by Crippen LogP contribution is 2.22. The van der Waals surface area contributed by atoms with Gasteiger partial charge in [0.2, 0.25) is 10.0 Å². The topological polar surface area (TPSA) is 104 Å². The molecule has 0 aromatic carbocycles. The van der Waals surface area contributed by atoms with Crippen LogP contribution in [0.5, 0.6) is 0 Å². The van der Waals surface area contributed by atoms with Crippen LogP contribution in [0.2, 0.25) is 0 Å². The van der Waals surface area contributed by atoms with E-state index in [0.717, 1.165) is 6.42 Å². The smallest absolute Gasteiger partial charge is 0.407 e. The lowest BCUT2D eigenvalue weighted by Gasteiger charge is -2.31. The summed E-state index contributed by atoms with van der Waals surface area (Å²) in [6, 6.07) is -0.236. The second-order valence-electron chi connectivity index (χ2n) is 4.93. The van der Waals surface area contributed by atoms with E-state index in [4.69, 9.17) is 4.74 Å². The first-order chi connectivity index (χ1) is 9.95. The Hall–Kier alpha value is -1.61. The zero-order valence-electron chi connectivity index (χ0n) is 12.1. The molecule has 2 rings (SSSR count). The van der Waals surface area contributed by atoms with Crippen molar-refractivity contribution in [3.05, 3.63) is 11.9 Å². The molecule has 0 aliphatic carbocycles. The van der Waals surface area contributed by atoms with Crippen LogP contribution in [-0.2, 0) is 14.8 Å². The number of hydrogen-bond acceptors (Lipinski definition) is 5. The molecule has 2 heterocycles. The average Bonchev–Trinajstić information content (AvgIpc) is 2.86. The maximum Gasteiger partial charge on any atom is 0.407 e. The summed E-state index contributed by atoms with van der Waals surface area (Å²) in [5, 5.41) is 9.07. The molecule has 118 valence electrons. The molecule has 1 aromatic rings. The Bertz CT molecular complexity index is 598. The van der Waals surface area contributed by atoms with Gasteiger partial charge in [-0.1, -0.05) is 0 Å². The molecule has 1 aliphatic rings. The number of hydrogen-bond donors (Lipinski definition) is 2. The summed E-state index contributed by atoms with van der Waals surface area (Å²) in [7, 11) is -3.58. The van der Waals surface area contributed by atoms with Crippen LogP contribution in [0.3, 0.4) is 0 Å². The van der Waals surface area contributed by atoms with E-state index in [1.807, 2.05) is 0 Å². The fourth-order valence-corrected chi connectivity index (χ4v) is 4.00. The number of aromatic amines is 1. The zero-order chi connectivity index (χ0) is 15.5. The third-order valence-electron chi connectivity index (χ3n) is 3.38. The maximum absolute atomic E-state index is 12.5. The number of aryl methyl sites for hydroxylation is 1. The van der Waals surface area contributed by atoms with Crippen molar-refractivity contribution in [3.63, 3.8) is 0 Å². The Kier molecular flexibility index (Phi) is 4.84. The molecule has 1 aliphatic heterocycles. The minimum atomic E-state index is -3.58. The van der Waals surface area contributed by atoms with Gasteiger partial charge in [-0.05, 0) is 26.7 Å². The highest BCUT2D eigenvalue weighted by atomic mass is 32.2. The maximum atomic E-state index is 12.5. The van der Waals surface area contributed by atoms with Crippen LogP contribution in [-0.4, -0.2) is 54.8 Å². The molecule has 21 heavy (non-hydrogen) atoms. The van der Waals surface area contributed by atoms with Gasteiger partial charge < -0.3 is 10.1 Å². The third-order valence-corrected chi connectivity index (χ3v) is 5.36. The van der Waals surface area contributed by atoms with Crippen molar-refractivity contribution >= 4 is 16.1 Å². The van der Waals surface area contributed by atoms with E-state index >= 15 is 0 Å². The predicted molar refractivity (Wildman–Crippen MR) is 75.3 cm³/mol. The Morgan fingerprint density at radius 2 is 2.38 bits per heavy atom. The predicted octanol–water partition coefficient (Wildman–Crippen LogP) is 0.617. The van der Waals surface area contributed by atoms with Crippen LogP contribution < -0.4 is 5.32 Å². The van der Waals surface area contributed by atoms with Crippen molar-refractivity contribution in [1.29, 1.82) is 0 Å². The van der Waals surface area contributed by atoms with E-state index in [9.17, 15) is 13.2 Å². The summed E-state index contributed by atoms with van der Waals surface area (Å²) >= 11 is 0. The van der Waals surface area contributed by atoms with Crippen LogP contribution in [0, 0.1) is 6.92 Å². The zero-order valence-corrected chi connectivity index (χ0v) is 12.9. The number of H-pyrrole nitrogens is 1. The van der Waals surface area contributed by atoms with Gasteiger partial charge in [-0.15, -0.1) is 0 Å². The summed E-state index contributed by atoms with van der Waals surface area (Å²) in [5.74, 6) is 0. The van der Waals surface area contributed by atoms with E-state index < -0.39 is 16.1 Å². The molecule has 1 saturated heterocycles. The molecule has 1 aromatic heterocycles. The summed E-state index contributed by atoms with van der Waals surface area (Å²) in [4.78, 5) is 11.6. The van der Waals surface area contributed by atoms with Crippen LogP contribution in [0.25, 0.3) is 0 Å². The fraction of sp³-hybridized carbons (Fsp3) is 0.667. The lowest BCUT2D eigenvalue weighted by molar-refractivity contribution is 0.142. The number of nitrogens with one attached hydrogen (secondary N) is 2. The first-order valence-electron chi connectivity index (χ1n) is 6.88. The molecule has 0 radical (unpaired) electrons. The standard InChI is InChI=1S/C12H20N4O4S/c1-3-20-12(17)14-10-5-4-6-16(8-10)21(18,19)11-7-13-15-9(11)2/h7,10H,3-6,8H2,1-2H3,(H,13,15)(H,14,17). The summed E-state index contributed by atoms with van der Waals surface area (Å²) in [5.41, 5.74) is 0.510. The second-order valence-corrected chi connectivity index (χ2v) is 6.83. The van der Waals surface area contributed by atoms with E-state index in [1.165, 1.54) is 10.5 Å². The minimum Gasteiger partial charge on any atom is -0.450 e. The molecule has 0 bridgehead atoms. The SMILES string of the molecule is CCOC(=O)NC1CCCN(S(=O)(=O)c2cn[nH]c2C)C1. The van der Waals surface area contributed by atoms with Gasteiger partial charge in [-0.2, -0.15) is 9.40 Å². The quantitative estimate of drug-likeness (QED) is 0.847. The Balaban J connectivity index is 2.07. The molecule has 8 nitrogen and oxygen atoms in total. The first kappa shape index (κ1) is 15.8. The number of aromatic nitrogens is 2. The summed E-state index contributed by atoms with van der Waals surface area (Å²) in [6.07, 6.45) is 2.22. The van der Waals surface area contributed by atoms with Crippen molar-refractivity contribution < 1.29 is 17.9 Å². The number of nitrogens with zero attached hydrogens (tertiary/aromatic N) is 2. The van der Waals surface area contributed by atoms with Gasteiger partial charge in [-0.25, -0.2) is 13.2 Å². The molecule has 0 saturated carbocycles. The van der Waals surface area contributed by atoms with Gasteiger partial charge in [-0.3, -0.25) is 5.10 Å². The number of sulfonamides is 1. The normalized spacial score (nSPS) is 20.2. The molecule has 1 unspecified atom stereocenters. The molecule has 2 N–H and O–H groups in total. The number of carbonyl (C=O) groups is 1. The van der Waals surface area contributed by atoms with Crippen LogP contribution in [0.4, 0.5) is 4.79 Å². The van der Waals surface area contributed by atoms with Crippen molar-refractivity contribution in [2.45, 2.75) is 37.6 Å².